The van der Waals surface area contributed by atoms with Crippen molar-refractivity contribution in [2.75, 3.05) is 23.7 Å². The average molecular weight is 551 g/mol. The number of ether oxygens (including phenoxy) is 1. The zero-order chi connectivity index (χ0) is 28.2. The molecule has 12 heteroatoms. The third-order valence-corrected chi connectivity index (χ3v) is 6.61. The highest BCUT2D eigenvalue weighted by Gasteiger charge is 2.38. The van der Waals surface area contributed by atoms with Crippen LogP contribution < -0.4 is 10.6 Å². The summed E-state index contributed by atoms with van der Waals surface area (Å²) in [5.41, 5.74) is 4.36. The van der Waals surface area contributed by atoms with Crippen molar-refractivity contribution in [3.05, 3.63) is 40.7 Å². The fourth-order valence-electron chi connectivity index (χ4n) is 4.92. The molecule has 0 bridgehead atoms. The summed E-state index contributed by atoms with van der Waals surface area (Å²) in [6.07, 6.45) is -3.69. The van der Waals surface area contributed by atoms with Crippen molar-refractivity contribution < 1.29 is 22.7 Å². The van der Waals surface area contributed by atoms with Gasteiger partial charge in [-0.1, -0.05) is 11.6 Å². The predicted octanol–water partition coefficient (Wildman–Crippen LogP) is 6.09. The smallest absolute Gasteiger partial charge is 0.418 e. The Morgan fingerprint density at radius 3 is 2.32 bits per heavy atom. The number of pyridine rings is 1. The molecule has 1 saturated heterocycles. The number of amides is 1. The third kappa shape index (κ3) is 5.43. The molecule has 0 saturated carbocycles. The first kappa shape index (κ1) is 27.7. The Bertz CT molecular complexity index is 1380. The number of carbonyl (C=O) groups excluding carboxylic acids is 1. The number of anilines is 2. The topological polar surface area (TPSA) is 97.5 Å². The molecule has 38 heavy (non-hydrogen) atoms. The van der Waals surface area contributed by atoms with E-state index in [4.69, 9.17) is 22.1 Å². The van der Waals surface area contributed by atoms with Gasteiger partial charge in [-0.25, -0.2) is 19.7 Å². The molecule has 1 aliphatic rings. The standard InChI is InChI=1S/C26H30ClF3N6O2/c1-13-7-20(31)34-22(21(13)26(28,29)30)16-9-19-17(8-18(16)27)23(33-12-32-19)36-14(2)10-35(11-15(36)3)24(37)38-25(4,5)6/h7-9,12,14-15H,10-11H2,1-6H3,(H2,31,34)/t14-,15?/m0/s1. The van der Waals surface area contributed by atoms with E-state index in [1.54, 1.807) is 11.0 Å². The summed E-state index contributed by atoms with van der Waals surface area (Å²) in [7, 11) is 0. The number of aryl methyl sites for hydroxylation is 1. The second kappa shape index (κ2) is 9.76. The fourth-order valence-corrected chi connectivity index (χ4v) is 5.17. The number of carbonyl (C=O) groups is 1. The lowest BCUT2D eigenvalue weighted by Gasteiger charge is -2.45. The van der Waals surface area contributed by atoms with E-state index in [0.717, 1.165) is 0 Å². The minimum Gasteiger partial charge on any atom is -0.444 e. The Kier molecular flexibility index (Phi) is 7.11. The molecule has 1 fully saturated rings. The molecule has 8 nitrogen and oxygen atoms in total. The maximum atomic E-state index is 14.0. The molecular formula is C26H30ClF3N6O2. The summed E-state index contributed by atoms with van der Waals surface area (Å²) in [5.74, 6) is 0.524. The summed E-state index contributed by atoms with van der Waals surface area (Å²) < 4.78 is 47.4. The maximum Gasteiger partial charge on any atom is 0.418 e. The molecule has 3 aromatic rings. The monoisotopic (exact) mass is 550 g/mol. The van der Waals surface area contributed by atoms with Crippen molar-refractivity contribution in [1.82, 2.24) is 19.9 Å². The summed E-state index contributed by atoms with van der Waals surface area (Å²) in [5, 5.41) is 0.629. The van der Waals surface area contributed by atoms with Crippen molar-refractivity contribution in [1.29, 1.82) is 0 Å². The van der Waals surface area contributed by atoms with Crippen molar-refractivity contribution >= 4 is 40.2 Å². The number of benzene rings is 1. The Morgan fingerprint density at radius 2 is 1.74 bits per heavy atom. The minimum atomic E-state index is -4.66. The van der Waals surface area contributed by atoms with E-state index in [2.05, 4.69) is 19.9 Å². The SMILES string of the molecule is Cc1cc(N)nc(-c2cc3ncnc(N4C(C)CN(C(=O)OC(C)(C)C)C[C@@H]4C)c3cc2Cl)c1C(F)(F)F. The lowest BCUT2D eigenvalue weighted by Crippen LogP contribution is -2.59. The highest BCUT2D eigenvalue weighted by atomic mass is 35.5. The van der Waals surface area contributed by atoms with Gasteiger partial charge in [0.2, 0.25) is 0 Å². The summed E-state index contributed by atoms with van der Waals surface area (Å²) >= 11 is 6.58. The first-order valence-corrected chi connectivity index (χ1v) is 12.5. The van der Waals surface area contributed by atoms with E-state index in [9.17, 15) is 18.0 Å². The summed E-state index contributed by atoms with van der Waals surface area (Å²) in [6.45, 7) is 11.5. The number of hydrogen-bond acceptors (Lipinski definition) is 7. The van der Waals surface area contributed by atoms with Crippen LogP contribution in [0.4, 0.5) is 29.6 Å². The second-order valence-electron chi connectivity index (χ2n) is 10.6. The van der Waals surface area contributed by atoms with Gasteiger partial charge in [0.05, 0.1) is 21.8 Å². The molecule has 0 aliphatic carbocycles. The number of nitrogens with two attached hydrogens (primary N) is 1. The number of halogens is 4. The molecule has 1 unspecified atom stereocenters. The highest BCUT2D eigenvalue weighted by Crippen LogP contribution is 2.43. The molecule has 0 radical (unpaired) electrons. The molecular weight excluding hydrogens is 521 g/mol. The third-order valence-electron chi connectivity index (χ3n) is 6.29. The van der Waals surface area contributed by atoms with Crippen LogP contribution in [0, 0.1) is 6.92 Å². The number of piperazine rings is 1. The van der Waals surface area contributed by atoms with E-state index in [-0.39, 0.29) is 45.8 Å². The van der Waals surface area contributed by atoms with Crippen LogP contribution >= 0.6 is 11.6 Å². The molecule has 204 valence electrons. The molecule has 3 heterocycles. The number of rotatable bonds is 2. The normalized spacial score (nSPS) is 18.7. The van der Waals surface area contributed by atoms with Crippen molar-refractivity contribution in [3.8, 4) is 11.3 Å². The molecule has 2 N–H and O–H groups in total. The number of aromatic nitrogens is 3. The van der Waals surface area contributed by atoms with Gasteiger partial charge < -0.3 is 20.3 Å². The number of hydrogen-bond donors (Lipinski definition) is 1. The quantitative estimate of drug-likeness (QED) is 0.412. The molecule has 4 rings (SSSR count). The Hall–Kier alpha value is -3.34. The minimum absolute atomic E-state index is 0.0458. The van der Waals surface area contributed by atoms with Gasteiger partial charge in [-0.3, -0.25) is 0 Å². The molecule has 2 atom stereocenters. The second-order valence-corrected chi connectivity index (χ2v) is 11.0. The Balaban J connectivity index is 1.76. The highest BCUT2D eigenvalue weighted by molar-refractivity contribution is 6.34. The van der Waals surface area contributed by atoms with E-state index >= 15 is 0 Å². The first-order valence-electron chi connectivity index (χ1n) is 12.1. The van der Waals surface area contributed by atoms with Gasteiger partial charge in [-0.2, -0.15) is 13.2 Å². The number of alkyl halides is 3. The summed E-state index contributed by atoms with van der Waals surface area (Å²) in [4.78, 5) is 29.2. The summed E-state index contributed by atoms with van der Waals surface area (Å²) in [6, 6.07) is 3.94. The van der Waals surface area contributed by atoms with Crippen LogP contribution in [0.1, 0.15) is 45.7 Å². The van der Waals surface area contributed by atoms with Gasteiger partial charge in [0.25, 0.3) is 0 Å². The zero-order valence-corrected chi connectivity index (χ0v) is 22.8. The largest absolute Gasteiger partial charge is 0.444 e. The lowest BCUT2D eigenvalue weighted by molar-refractivity contribution is -0.137. The van der Waals surface area contributed by atoms with E-state index in [1.165, 1.54) is 25.4 Å². The van der Waals surface area contributed by atoms with Gasteiger partial charge in [0.15, 0.2) is 0 Å². The van der Waals surface area contributed by atoms with E-state index in [0.29, 0.717) is 29.8 Å². The zero-order valence-electron chi connectivity index (χ0n) is 22.0. The van der Waals surface area contributed by atoms with Crippen LogP contribution in [0.25, 0.3) is 22.2 Å². The van der Waals surface area contributed by atoms with Gasteiger partial charge in [-0.15, -0.1) is 0 Å². The van der Waals surface area contributed by atoms with E-state index in [1.807, 2.05) is 34.6 Å². The lowest BCUT2D eigenvalue weighted by atomic mass is 9.99. The van der Waals surface area contributed by atoms with Crippen LogP contribution in [0.3, 0.4) is 0 Å². The molecule has 1 amide bonds. The van der Waals surface area contributed by atoms with E-state index < -0.39 is 17.3 Å². The van der Waals surface area contributed by atoms with Crippen molar-refractivity contribution in [2.24, 2.45) is 0 Å². The fraction of sp³-hybridized carbons (Fsp3) is 0.462. The van der Waals surface area contributed by atoms with Crippen molar-refractivity contribution in [3.63, 3.8) is 0 Å². The predicted molar refractivity (Wildman–Crippen MR) is 141 cm³/mol. The van der Waals surface area contributed by atoms with Crippen LogP contribution in [0.5, 0.6) is 0 Å². The molecule has 0 spiro atoms. The van der Waals surface area contributed by atoms with Crippen LogP contribution in [0.2, 0.25) is 5.02 Å². The Labute approximate surface area is 224 Å². The molecule has 1 aliphatic heterocycles. The van der Waals surface area contributed by atoms with Gasteiger partial charge >= 0.3 is 12.3 Å². The maximum absolute atomic E-state index is 14.0. The van der Waals surface area contributed by atoms with Crippen LogP contribution in [0.15, 0.2) is 24.5 Å². The van der Waals surface area contributed by atoms with Gasteiger partial charge in [0.1, 0.15) is 23.6 Å². The van der Waals surface area contributed by atoms with Gasteiger partial charge in [0, 0.05) is 36.1 Å². The van der Waals surface area contributed by atoms with Gasteiger partial charge in [-0.05, 0) is 65.3 Å². The average Bonchev–Trinajstić information content (AvgIpc) is 2.75. The first-order chi connectivity index (χ1) is 17.6. The number of fused-ring (bicyclic) bond motifs is 1. The number of nitrogen functional groups attached to an aromatic ring is 1. The number of nitrogens with zero attached hydrogens (tertiary/aromatic N) is 5. The van der Waals surface area contributed by atoms with Crippen LogP contribution in [-0.4, -0.2) is 56.7 Å². The van der Waals surface area contributed by atoms with Crippen LogP contribution in [-0.2, 0) is 10.9 Å². The van der Waals surface area contributed by atoms with Crippen molar-refractivity contribution in [2.45, 2.75) is 65.4 Å². The molecule has 2 aromatic heterocycles. The Morgan fingerprint density at radius 1 is 1.11 bits per heavy atom. The molecule has 1 aromatic carbocycles.